The summed E-state index contributed by atoms with van der Waals surface area (Å²) < 4.78 is 113. The Bertz CT molecular complexity index is 2340. The lowest BCUT2D eigenvalue weighted by atomic mass is 9.42. The summed E-state index contributed by atoms with van der Waals surface area (Å²) in [5.41, 5.74) is -13.5. The summed E-state index contributed by atoms with van der Waals surface area (Å²) in [6, 6.07) is 12.1. The second-order valence-corrected chi connectivity index (χ2v) is 19.9. The molecule has 2 aromatic carbocycles. The number of Topliss-reactive ketones (excluding diaryl/α,β-unsaturated/α-hetero) is 2. The lowest BCUT2D eigenvalue weighted by Crippen LogP contribution is -2.61. The average Bonchev–Trinajstić information content (AvgIpc) is 3.46. The highest BCUT2D eigenvalue weighted by Gasteiger charge is 2.73. The third-order valence-corrected chi connectivity index (χ3v) is 16.3. The number of aliphatic hydroxyl groups is 1. The number of methoxy groups -OCH3 is 2. The molecule has 2 aromatic rings. The monoisotopic (exact) mass is 948 g/mol. The van der Waals surface area contributed by atoms with Crippen molar-refractivity contribution in [1.29, 1.82) is 0 Å². The number of aliphatic carboxylic acids is 1. The third kappa shape index (κ3) is 7.84. The number of benzene rings is 2. The van der Waals surface area contributed by atoms with E-state index in [0.29, 0.717) is 14.2 Å². The number of carbonyl (C=O) groups excluding carboxylic acids is 4. The first-order valence-electron chi connectivity index (χ1n) is 22.2. The molecule has 0 unspecified atom stereocenters. The van der Waals surface area contributed by atoms with Crippen molar-refractivity contribution in [3.63, 3.8) is 0 Å². The van der Waals surface area contributed by atoms with Gasteiger partial charge in [-0.2, -0.15) is 26.3 Å². The van der Waals surface area contributed by atoms with Gasteiger partial charge in [-0.3, -0.25) is 9.59 Å². The van der Waals surface area contributed by atoms with Gasteiger partial charge in [-0.1, -0.05) is 102 Å². The van der Waals surface area contributed by atoms with E-state index in [4.69, 9.17) is 18.9 Å². The zero-order valence-electron chi connectivity index (χ0n) is 38.9. The van der Waals surface area contributed by atoms with Crippen LogP contribution in [0.4, 0.5) is 26.3 Å². The van der Waals surface area contributed by atoms with Gasteiger partial charge in [-0.15, -0.1) is 0 Å². The zero-order valence-corrected chi connectivity index (χ0v) is 38.9. The molecule has 11 nitrogen and oxygen atoms in total. The highest BCUT2D eigenvalue weighted by atomic mass is 19.4. The van der Waals surface area contributed by atoms with Gasteiger partial charge in [-0.05, 0) is 67.4 Å². The topological polar surface area (TPSA) is 163 Å². The van der Waals surface area contributed by atoms with Gasteiger partial charge in [0.1, 0.15) is 18.0 Å². The van der Waals surface area contributed by atoms with Crippen molar-refractivity contribution in [3.05, 3.63) is 94.6 Å². The molecule has 0 amide bonds. The largest absolute Gasteiger partial charge is 0.478 e. The molecule has 67 heavy (non-hydrogen) atoms. The number of carboxylic acids is 1. The molecule has 2 saturated carbocycles. The molecule has 0 bridgehead atoms. The van der Waals surface area contributed by atoms with Crippen LogP contribution >= 0.6 is 0 Å². The fourth-order valence-electron chi connectivity index (χ4n) is 12.6. The summed E-state index contributed by atoms with van der Waals surface area (Å²) >= 11 is 0. The van der Waals surface area contributed by atoms with Crippen LogP contribution in [0, 0.1) is 39.4 Å². The van der Waals surface area contributed by atoms with Crippen molar-refractivity contribution < 1.29 is 79.5 Å². The van der Waals surface area contributed by atoms with Crippen molar-refractivity contribution in [2.45, 2.75) is 129 Å². The smallest absolute Gasteiger partial charge is 0.432 e. The summed E-state index contributed by atoms with van der Waals surface area (Å²) in [6.07, 6.45) is -15.1. The van der Waals surface area contributed by atoms with Crippen LogP contribution in [-0.2, 0) is 54.1 Å². The van der Waals surface area contributed by atoms with Gasteiger partial charge in [0.05, 0.1) is 6.10 Å². The first-order valence-corrected chi connectivity index (χ1v) is 22.2. The van der Waals surface area contributed by atoms with Gasteiger partial charge in [0.25, 0.3) is 11.2 Å². The van der Waals surface area contributed by atoms with Crippen LogP contribution in [0.25, 0.3) is 0 Å². The number of ether oxygens (including phenoxy) is 4. The summed E-state index contributed by atoms with van der Waals surface area (Å²) in [4.78, 5) is 69.0. The molecule has 0 saturated heterocycles. The van der Waals surface area contributed by atoms with E-state index < -0.39 is 128 Å². The summed E-state index contributed by atoms with van der Waals surface area (Å²) in [7, 11) is 1.39. The molecule has 11 atom stereocenters. The molecule has 4 aliphatic rings. The predicted molar refractivity (Wildman–Crippen MR) is 229 cm³/mol. The van der Waals surface area contributed by atoms with Crippen molar-refractivity contribution >= 4 is 29.5 Å². The quantitative estimate of drug-likeness (QED) is 0.112. The Labute approximate surface area is 385 Å². The minimum atomic E-state index is -5.39. The number of fused-ring (bicyclic) bond motifs is 4. The van der Waals surface area contributed by atoms with Gasteiger partial charge in [-0.25, -0.2) is 14.4 Å². The number of esters is 2. The number of allylic oxidation sites excluding steroid dienone is 1. The zero-order chi connectivity index (χ0) is 50.1. The fourth-order valence-corrected chi connectivity index (χ4v) is 12.6. The van der Waals surface area contributed by atoms with Crippen molar-refractivity contribution in [2.24, 2.45) is 39.4 Å². The number of rotatable bonds is 13. The Morgan fingerprint density at radius 2 is 1.33 bits per heavy atom. The first kappa shape index (κ1) is 51.5. The van der Waals surface area contributed by atoms with Crippen LogP contribution < -0.4 is 0 Å². The Morgan fingerprint density at radius 1 is 0.821 bits per heavy atom. The Morgan fingerprint density at radius 3 is 1.81 bits per heavy atom. The molecule has 0 aromatic heterocycles. The number of halogens is 6. The van der Waals surface area contributed by atoms with E-state index in [9.17, 15) is 29.4 Å². The molecule has 6 rings (SSSR count). The van der Waals surface area contributed by atoms with Gasteiger partial charge in [0.15, 0.2) is 5.78 Å². The van der Waals surface area contributed by atoms with Crippen molar-refractivity contribution in [3.8, 4) is 0 Å². The fraction of sp³-hybridized carbons (Fsp3) is 0.580. The van der Waals surface area contributed by atoms with Crippen molar-refractivity contribution in [1.82, 2.24) is 0 Å². The molecule has 4 aliphatic carbocycles. The van der Waals surface area contributed by atoms with Gasteiger partial charge in [0.2, 0.25) is 0 Å². The highest BCUT2D eigenvalue weighted by Crippen LogP contribution is 2.72. The van der Waals surface area contributed by atoms with Crippen molar-refractivity contribution in [2.75, 3.05) is 14.2 Å². The molecular formula is C50H58F6O11. The average molecular weight is 949 g/mol. The number of hydrogen-bond acceptors (Lipinski definition) is 10. The molecule has 17 heteroatoms. The number of hydrogen-bond donors (Lipinski definition) is 2. The van der Waals surface area contributed by atoms with Crippen LogP contribution in [0.1, 0.15) is 98.1 Å². The van der Waals surface area contributed by atoms with Crippen LogP contribution in [0.3, 0.4) is 0 Å². The minimum absolute atomic E-state index is 0.0123. The maximum atomic E-state index is 15.4. The predicted octanol–water partition coefficient (Wildman–Crippen LogP) is 9.15. The maximum absolute atomic E-state index is 15.4. The number of alkyl halides is 6. The normalized spacial score (nSPS) is 31.3. The second-order valence-electron chi connectivity index (χ2n) is 19.9. The molecule has 0 radical (unpaired) electrons. The number of ketones is 2. The van der Waals surface area contributed by atoms with Gasteiger partial charge < -0.3 is 29.2 Å². The Kier molecular flexibility index (Phi) is 13.5. The first-order chi connectivity index (χ1) is 31.0. The number of carboxylic acid groups (broad SMARTS) is 1. The Hall–Kier alpha value is -4.87. The molecule has 2 fully saturated rings. The van der Waals surface area contributed by atoms with E-state index in [1.54, 1.807) is 34.6 Å². The minimum Gasteiger partial charge on any atom is -0.478 e. The molecule has 0 aliphatic heterocycles. The maximum Gasteiger partial charge on any atom is 0.432 e. The molecule has 0 spiro atoms. The SMILES string of the molecule is CO[C@@](C(=O)O[C@H](/C=C(\C)C(=O)O)C[C@@H](C)[C@H]1C[C@H](OC(=O)[C@](OC)(c2ccccc2)C(F)(F)F)[C@@]2(C)C3=C(C(=O)C[C@]12C)[C@@]1(C)CCC(=O)C(C)(C)[C@@H]1C[C@@H]3O)(c1ccccc1)C(F)(F)F. The Balaban J connectivity index is 1.51. The van der Waals surface area contributed by atoms with Crippen LogP contribution in [0.2, 0.25) is 0 Å². The van der Waals surface area contributed by atoms with E-state index in [0.717, 1.165) is 37.3 Å². The van der Waals surface area contributed by atoms with E-state index in [-0.39, 0.29) is 49.0 Å². The van der Waals surface area contributed by atoms with E-state index in [1.165, 1.54) is 36.4 Å². The molecular weight excluding hydrogens is 891 g/mol. The third-order valence-electron chi connectivity index (χ3n) is 16.3. The summed E-state index contributed by atoms with van der Waals surface area (Å²) in [5, 5.41) is 22.2. The van der Waals surface area contributed by atoms with Gasteiger partial charge in [0, 0.05) is 65.6 Å². The standard InChI is InChI=1S/C50H58F6O11/c1-27(22-31(23-28(2)40(60)61)66-41(62)47(64-8,49(51,52)53)29-16-12-10-13-17-29)32-24-37(67-42(63)48(65-9,50(54,55)56)30-18-14-11-15-19-30)46(7)39-33(57)25-35-43(3,4)36(59)20-21-44(35,5)38(39)34(58)26-45(32,46)6/h10-19,23,27,31-33,35,37,57H,20-22,24-26H2,1-9H3,(H,60,61)/b28-23+/t27-,31+,32-,33+,35+,37+,44+,45-,46+,47-,48-/m1/s1. The van der Waals surface area contributed by atoms with E-state index in [2.05, 4.69) is 0 Å². The van der Waals surface area contributed by atoms with Crippen LogP contribution in [0.15, 0.2) is 83.5 Å². The number of aliphatic hydroxyl groups excluding tert-OH is 1. The van der Waals surface area contributed by atoms with E-state index in [1.807, 2.05) is 6.92 Å². The molecule has 366 valence electrons. The lowest BCUT2D eigenvalue weighted by Gasteiger charge is -2.61. The highest BCUT2D eigenvalue weighted by molar-refractivity contribution is 6.01. The number of carbonyl (C=O) groups is 5. The molecule has 2 N–H and O–H groups in total. The van der Waals surface area contributed by atoms with Crippen LogP contribution in [0.5, 0.6) is 0 Å². The van der Waals surface area contributed by atoms with E-state index >= 15 is 31.1 Å². The second kappa shape index (κ2) is 17.6. The summed E-state index contributed by atoms with van der Waals surface area (Å²) in [5.74, 6) is -7.97. The van der Waals surface area contributed by atoms with Gasteiger partial charge >= 0.3 is 30.3 Å². The summed E-state index contributed by atoms with van der Waals surface area (Å²) in [6.45, 7) is 11.4. The van der Waals surface area contributed by atoms with Crippen LogP contribution in [-0.4, -0.2) is 84.6 Å². The molecule has 0 heterocycles. The lowest BCUT2D eigenvalue weighted by molar-refractivity contribution is -0.280.